The van der Waals surface area contributed by atoms with Gasteiger partial charge in [-0.2, -0.15) is 0 Å². The van der Waals surface area contributed by atoms with Crippen molar-refractivity contribution in [3.63, 3.8) is 0 Å². The number of carbonyl (C=O) groups is 1. The van der Waals surface area contributed by atoms with E-state index in [9.17, 15) is 9.90 Å². The summed E-state index contributed by atoms with van der Waals surface area (Å²) in [6, 6.07) is 7.35. The van der Waals surface area contributed by atoms with Crippen LogP contribution in [0.15, 0.2) is 29.2 Å². The quantitative estimate of drug-likeness (QED) is 0.822. The van der Waals surface area contributed by atoms with Crippen molar-refractivity contribution in [2.24, 2.45) is 5.41 Å². The first-order chi connectivity index (χ1) is 8.79. The topological polar surface area (TPSA) is 49.3 Å². The molecule has 0 bridgehead atoms. The number of rotatable bonds is 5. The lowest BCUT2D eigenvalue weighted by Crippen LogP contribution is -2.39. The van der Waals surface area contributed by atoms with Crippen LogP contribution in [0, 0.1) is 5.41 Å². The van der Waals surface area contributed by atoms with Gasteiger partial charge in [-0.15, -0.1) is 11.8 Å². The zero-order chi connectivity index (χ0) is 14.5. The largest absolute Gasteiger partial charge is 0.391 e. The van der Waals surface area contributed by atoms with Gasteiger partial charge in [0.25, 0.3) is 0 Å². The minimum Gasteiger partial charge on any atom is -0.391 e. The zero-order valence-corrected chi connectivity index (χ0v) is 13.0. The Hall–Kier alpha value is -0.710. The van der Waals surface area contributed by atoms with Gasteiger partial charge < -0.3 is 10.4 Å². The van der Waals surface area contributed by atoms with Crippen molar-refractivity contribution < 1.29 is 9.90 Å². The molecule has 0 aliphatic carbocycles. The molecule has 1 atom stereocenters. The van der Waals surface area contributed by atoms with Crippen LogP contribution in [0.3, 0.4) is 0 Å². The maximum absolute atomic E-state index is 11.6. The van der Waals surface area contributed by atoms with Crippen LogP contribution in [0.4, 0.5) is 0 Å². The molecule has 1 amide bonds. The number of hydrogen-bond acceptors (Lipinski definition) is 3. The summed E-state index contributed by atoms with van der Waals surface area (Å²) in [6.45, 7) is 6.09. The number of hydrogen-bond donors (Lipinski definition) is 2. The van der Waals surface area contributed by atoms with E-state index < -0.39 is 6.10 Å². The minimum atomic E-state index is -0.544. The van der Waals surface area contributed by atoms with Gasteiger partial charge in [0.2, 0.25) is 5.91 Å². The average molecular weight is 302 g/mol. The van der Waals surface area contributed by atoms with Crippen LogP contribution in [-0.4, -0.2) is 29.4 Å². The molecule has 0 heterocycles. The van der Waals surface area contributed by atoms with E-state index in [4.69, 9.17) is 11.6 Å². The Morgan fingerprint density at radius 2 is 1.95 bits per heavy atom. The smallest absolute Gasteiger partial charge is 0.230 e. The molecule has 0 aliphatic heterocycles. The zero-order valence-electron chi connectivity index (χ0n) is 11.4. The third kappa shape index (κ3) is 6.32. The molecule has 0 spiro atoms. The van der Waals surface area contributed by atoms with Crippen molar-refractivity contribution in [1.29, 1.82) is 0 Å². The summed E-state index contributed by atoms with van der Waals surface area (Å²) in [4.78, 5) is 12.6. The Bertz CT molecular complexity index is 414. The van der Waals surface area contributed by atoms with Crippen molar-refractivity contribution in [3.8, 4) is 0 Å². The van der Waals surface area contributed by atoms with Crippen LogP contribution in [0.25, 0.3) is 0 Å². The lowest BCUT2D eigenvalue weighted by atomic mass is 9.89. The Kier molecular flexibility index (Phi) is 6.17. The van der Waals surface area contributed by atoms with Crippen LogP contribution < -0.4 is 5.32 Å². The molecule has 19 heavy (non-hydrogen) atoms. The molecule has 1 rings (SSSR count). The summed E-state index contributed by atoms with van der Waals surface area (Å²) in [5, 5.41) is 13.2. The first kappa shape index (κ1) is 16.3. The van der Waals surface area contributed by atoms with E-state index in [0.29, 0.717) is 10.8 Å². The third-order valence-corrected chi connectivity index (χ3v) is 3.94. The van der Waals surface area contributed by atoms with E-state index in [1.165, 1.54) is 11.8 Å². The van der Waals surface area contributed by atoms with Gasteiger partial charge in [-0.3, -0.25) is 4.79 Å². The first-order valence-electron chi connectivity index (χ1n) is 6.12. The summed E-state index contributed by atoms with van der Waals surface area (Å²) in [7, 11) is 0. The van der Waals surface area contributed by atoms with Crippen LogP contribution in [0.2, 0.25) is 5.02 Å². The number of benzene rings is 1. The SMILES string of the molecule is CC(C)(C)C(O)CNC(=O)CSc1ccc(Cl)cc1. The lowest BCUT2D eigenvalue weighted by Gasteiger charge is -2.25. The van der Waals surface area contributed by atoms with Crippen molar-refractivity contribution in [2.45, 2.75) is 31.8 Å². The van der Waals surface area contributed by atoms with Gasteiger partial charge in [0.05, 0.1) is 11.9 Å². The van der Waals surface area contributed by atoms with Gasteiger partial charge in [0.15, 0.2) is 0 Å². The highest BCUT2D eigenvalue weighted by Crippen LogP contribution is 2.20. The molecule has 1 aromatic carbocycles. The fourth-order valence-corrected chi connectivity index (χ4v) is 2.10. The summed E-state index contributed by atoms with van der Waals surface area (Å²) in [5.74, 6) is 0.252. The molecule has 0 aliphatic rings. The van der Waals surface area contributed by atoms with E-state index in [1.54, 1.807) is 12.1 Å². The van der Waals surface area contributed by atoms with E-state index >= 15 is 0 Å². The highest BCUT2D eigenvalue weighted by atomic mass is 35.5. The Balaban J connectivity index is 2.30. The van der Waals surface area contributed by atoms with Crippen LogP contribution in [-0.2, 0) is 4.79 Å². The van der Waals surface area contributed by atoms with Crippen molar-refractivity contribution >= 4 is 29.3 Å². The molecule has 0 saturated carbocycles. The van der Waals surface area contributed by atoms with E-state index in [-0.39, 0.29) is 17.9 Å². The number of thioether (sulfide) groups is 1. The van der Waals surface area contributed by atoms with Gasteiger partial charge >= 0.3 is 0 Å². The van der Waals surface area contributed by atoms with Gasteiger partial charge in [-0.25, -0.2) is 0 Å². The summed E-state index contributed by atoms with van der Waals surface area (Å²) in [5.41, 5.74) is -0.226. The van der Waals surface area contributed by atoms with E-state index in [1.807, 2.05) is 32.9 Å². The number of aliphatic hydroxyl groups excluding tert-OH is 1. The highest BCUT2D eigenvalue weighted by Gasteiger charge is 2.22. The molecule has 0 saturated heterocycles. The first-order valence-corrected chi connectivity index (χ1v) is 7.48. The molecule has 5 heteroatoms. The maximum atomic E-state index is 11.6. The Morgan fingerprint density at radius 3 is 2.47 bits per heavy atom. The molecular weight excluding hydrogens is 282 g/mol. The van der Waals surface area contributed by atoms with Crippen LogP contribution in [0.1, 0.15) is 20.8 Å². The van der Waals surface area contributed by atoms with Crippen LogP contribution in [0.5, 0.6) is 0 Å². The van der Waals surface area contributed by atoms with Crippen molar-refractivity contribution in [3.05, 3.63) is 29.3 Å². The lowest BCUT2D eigenvalue weighted by molar-refractivity contribution is -0.119. The molecular formula is C14H20ClNO2S. The maximum Gasteiger partial charge on any atom is 0.230 e. The second kappa shape index (κ2) is 7.17. The van der Waals surface area contributed by atoms with E-state index in [0.717, 1.165) is 4.90 Å². The molecule has 0 aromatic heterocycles. The van der Waals surface area contributed by atoms with Gasteiger partial charge in [-0.05, 0) is 29.7 Å². The molecule has 2 N–H and O–H groups in total. The summed E-state index contributed by atoms with van der Waals surface area (Å²) < 4.78 is 0. The number of halogens is 1. The fourth-order valence-electron chi connectivity index (χ4n) is 1.25. The van der Waals surface area contributed by atoms with Crippen LogP contribution >= 0.6 is 23.4 Å². The normalized spacial score (nSPS) is 13.1. The van der Waals surface area contributed by atoms with Gasteiger partial charge in [0, 0.05) is 16.5 Å². The number of amides is 1. The number of carbonyl (C=O) groups excluding carboxylic acids is 1. The summed E-state index contributed by atoms with van der Waals surface area (Å²) >= 11 is 7.23. The second-order valence-corrected chi connectivity index (χ2v) is 6.91. The van der Waals surface area contributed by atoms with Crippen molar-refractivity contribution in [1.82, 2.24) is 5.32 Å². The number of nitrogens with one attached hydrogen (secondary N) is 1. The van der Waals surface area contributed by atoms with E-state index in [2.05, 4.69) is 5.32 Å². The predicted octanol–water partition coefficient (Wildman–Crippen LogP) is 2.96. The third-order valence-electron chi connectivity index (χ3n) is 2.68. The van der Waals surface area contributed by atoms with Gasteiger partial charge in [-0.1, -0.05) is 32.4 Å². The molecule has 3 nitrogen and oxygen atoms in total. The molecule has 106 valence electrons. The molecule has 1 aromatic rings. The van der Waals surface area contributed by atoms with Gasteiger partial charge in [0.1, 0.15) is 0 Å². The fraction of sp³-hybridized carbons (Fsp3) is 0.500. The Morgan fingerprint density at radius 1 is 1.37 bits per heavy atom. The standard InChI is InChI=1S/C14H20ClNO2S/c1-14(2,3)12(17)8-16-13(18)9-19-11-6-4-10(15)5-7-11/h4-7,12,17H,8-9H2,1-3H3,(H,16,18). The highest BCUT2D eigenvalue weighted by molar-refractivity contribution is 8.00. The Labute approximate surface area is 123 Å². The molecule has 0 fully saturated rings. The van der Waals surface area contributed by atoms with Crippen molar-refractivity contribution in [2.75, 3.05) is 12.3 Å². The molecule has 1 unspecified atom stereocenters. The summed E-state index contributed by atoms with van der Waals surface area (Å²) in [6.07, 6.45) is -0.544. The molecule has 0 radical (unpaired) electrons. The number of aliphatic hydroxyl groups is 1. The average Bonchev–Trinajstić information content (AvgIpc) is 2.34. The monoisotopic (exact) mass is 301 g/mol. The second-order valence-electron chi connectivity index (χ2n) is 5.43. The minimum absolute atomic E-state index is 0.0803. The predicted molar refractivity (Wildman–Crippen MR) is 80.6 cm³/mol.